The molecular formula is C24H24N6O4S. The van der Waals surface area contributed by atoms with Gasteiger partial charge in [-0.3, -0.25) is 4.57 Å². The number of H-pyrrole nitrogens is 1. The highest BCUT2D eigenvalue weighted by Gasteiger charge is 2.25. The van der Waals surface area contributed by atoms with Gasteiger partial charge >= 0.3 is 5.97 Å². The van der Waals surface area contributed by atoms with Crippen molar-refractivity contribution in [3.8, 4) is 5.69 Å². The lowest BCUT2D eigenvalue weighted by atomic mass is 10.2. The number of anilines is 1. The number of nitrogens with zero attached hydrogens (tertiary/aromatic N) is 5. The number of methoxy groups -OCH3 is 1. The van der Waals surface area contributed by atoms with Gasteiger partial charge in [0.05, 0.1) is 42.8 Å². The molecule has 0 atom stereocenters. The molecule has 2 N–H and O–H groups in total. The van der Waals surface area contributed by atoms with E-state index in [1.807, 2.05) is 59.2 Å². The quantitative estimate of drug-likeness (QED) is 0.173. The molecule has 1 fully saturated rings. The summed E-state index contributed by atoms with van der Waals surface area (Å²) in [5.74, 6) is 0.165. The van der Waals surface area contributed by atoms with E-state index in [9.17, 15) is 9.90 Å². The number of carbonyl (C=O) groups is 1. The first kappa shape index (κ1) is 22.9. The Balaban J connectivity index is 1.48. The Morgan fingerprint density at radius 1 is 1.11 bits per heavy atom. The van der Waals surface area contributed by atoms with Gasteiger partial charge in [0.25, 0.3) is 0 Å². The number of morpholine rings is 1. The van der Waals surface area contributed by atoms with Crippen LogP contribution in [-0.4, -0.2) is 75.0 Å². The van der Waals surface area contributed by atoms with E-state index in [0.29, 0.717) is 42.9 Å². The summed E-state index contributed by atoms with van der Waals surface area (Å²) in [6.45, 7) is 2.65. The van der Waals surface area contributed by atoms with Crippen molar-refractivity contribution in [1.29, 1.82) is 0 Å². The molecule has 0 radical (unpaired) electrons. The number of carbonyl (C=O) groups excluding carboxylic acids is 1. The maximum absolute atomic E-state index is 12.6. The molecule has 2 aromatic heterocycles. The Bertz CT molecular complexity index is 1330. The van der Waals surface area contributed by atoms with Gasteiger partial charge in [-0.2, -0.15) is 0 Å². The van der Waals surface area contributed by atoms with Crippen molar-refractivity contribution in [1.82, 2.24) is 24.7 Å². The minimum Gasteiger partial charge on any atom is -0.510 e. The lowest BCUT2D eigenvalue weighted by Crippen LogP contribution is -2.37. The molecule has 0 bridgehead atoms. The number of nitrogens with one attached hydrogen (secondary N) is 1. The smallest absolute Gasteiger partial charge is 0.345 e. The molecule has 11 heteroatoms. The molecule has 180 valence electrons. The van der Waals surface area contributed by atoms with Gasteiger partial charge < -0.3 is 24.5 Å². The minimum atomic E-state index is -0.680. The summed E-state index contributed by atoms with van der Waals surface area (Å²) >= 11 is 1.27. The van der Waals surface area contributed by atoms with Gasteiger partial charge in [-0.05, 0) is 24.3 Å². The van der Waals surface area contributed by atoms with Crippen LogP contribution in [0, 0.1) is 0 Å². The summed E-state index contributed by atoms with van der Waals surface area (Å²) in [6, 6.07) is 17.2. The third-order valence-electron chi connectivity index (χ3n) is 5.57. The highest BCUT2D eigenvalue weighted by molar-refractivity contribution is 7.99. The molecule has 35 heavy (non-hydrogen) atoms. The van der Waals surface area contributed by atoms with E-state index in [2.05, 4.69) is 25.1 Å². The molecule has 0 saturated carbocycles. The number of imidazole rings is 1. The fourth-order valence-electron chi connectivity index (χ4n) is 3.86. The number of hydrogen-bond acceptors (Lipinski definition) is 9. The summed E-state index contributed by atoms with van der Waals surface area (Å²) in [4.78, 5) is 22.2. The van der Waals surface area contributed by atoms with Crippen LogP contribution in [0.25, 0.3) is 22.3 Å². The van der Waals surface area contributed by atoms with Crippen LogP contribution in [0.4, 0.5) is 5.95 Å². The van der Waals surface area contributed by atoms with Crippen LogP contribution in [0.5, 0.6) is 0 Å². The van der Waals surface area contributed by atoms with Gasteiger partial charge in [-0.25, -0.2) is 9.78 Å². The van der Waals surface area contributed by atoms with Crippen molar-refractivity contribution in [2.75, 3.05) is 44.1 Å². The predicted molar refractivity (Wildman–Crippen MR) is 133 cm³/mol. The van der Waals surface area contributed by atoms with Crippen molar-refractivity contribution >= 4 is 40.3 Å². The maximum atomic E-state index is 12.6. The molecular weight excluding hydrogens is 468 g/mol. The molecule has 10 nitrogen and oxygen atoms in total. The van der Waals surface area contributed by atoms with E-state index in [1.165, 1.54) is 18.9 Å². The summed E-state index contributed by atoms with van der Waals surface area (Å²) in [7, 11) is 1.27. The lowest BCUT2D eigenvalue weighted by molar-refractivity contribution is -0.133. The second-order valence-corrected chi connectivity index (χ2v) is 8.70. The van der Waals surface area contributed by atoms with E-state index in [-0.39, 0.29) is 22.9 Å². The SMILES string of the molecule is COC(=O)/C(=C(/O)CSc1nnc(N2CCOCC2)n1-c1ccccc1)c1nc2ccccc2[nH]1. The topological polar surface area (TPSA) is 118 Å². The number of aliphatic hydroxyl groups excluding tert-OH is 1. The standard InChI is InChI=1S/C24H24N6O4S/c1-33-22(32)20(21-25-17-9-5-6-10-18(17)26-21)19(31)15-35-24-28-27-23(29-11-13-34-14-12-29)30(24)16-7-3-2-4-8-16/h2-10,31H,11-15H2,1H3,(H,25,26)/b20-19+. The highest BCUT2D eigenvalue weighted by atomic mass is 32.2. The van der Waals surface area contributed by atoms with E-state index in [0.717, 1.165) is 11.2 Å². The number of para-hydroxylation sites is 3. The van der Waals surface area contributed by atoms with Crippen molar-refractivity contribution in [3.05, 3.63) is 66.2 Å². The number of aromatic nitrogens is 5. The Labute approximate surface area is 205 Å². The number of ether oxygens (including phenoxy) is 2. The number of esters is 1. The second kappa shape index (κ2) is 10.2. The lowest BCUT2D eigenvalue weighted by Gasteiger charge is -2.27. The van der Waals surface area contributed by atoms with Gasteiger partial charge in [0, 0.05) is 13.1 Å². The van der Waals surface area contributed by atoms with Gasteiger partial charge in [0.2, 0.25) is 5.95 Å². The van der Waals surface area contributed by atoms with Gasteiger partial charge in [-0.1, -0.05) is 42.1 Å². The van der Waals surface area contributed by atoms with E-state index in [1.54, 1.807) is 0 Å². The van der Waals surface area contributed by atoms with Crippen molar-refractivity contribution in [2.24, 2.45) is 0 Å². The molecule has 3 heterocycles. The van der Waals surface area contributed by atoms with Crippen LogP contribution in [0.15, 0.2) is 65.5 Å². The number of aliphatic hydroxyl groups is 1. The molecule has 0 aliphatic carbocycles. The molecule has 0 unspecified atom stereocenters. The first-order valence-corrected chi connectivity index (χ1v) is 12.1. The van der Waals surface area contributed by atoms with Gasteiger partial charge in [0.15, 0.2) is 5.16 Å². The molecule has 1 aliphatic heterocycles. The zero-order chi connectivity index (χ0) is 24.2. The van der Waals surface area contributed by atoms with Crippen LogP contribution in [0.1, 0.15) is 5.82 Å². The Hall–Kier alpha value is -3.83. The van der Waals surface area contributed by atoms with Crippen LogP contribution >= 0.6 is 11.8 Å². The molecule has 0 amide bonds. The first-order chi connectivity index (χ1) is 17.2. The van der Waals surface area contributed by atoms with E-state index in [4.69, 9.17) is 9.47 Å². The Morgan fingerprint density at radius 2 is 1.86 bits per heavy atom. The Morgan fingerprint density at radius 3 is 2.60 bits per heavy atom. The van der Waals surface area contributed by atoms with Crippen molar-refractivity contribution in [2.45, 2.75) is 5.16 Å². The zero-order valence-electron chi connectivity index (χ0n) is 19.0. The second-order valence-electron chi connectivity index (χ2n) is 7.76. The molecule has 0 spiro atoms. The maximum Gasteiger partial charge on any atom is 0.345 e. The van der Waals surface area contributed by atoms with Crippen LogP contribution in [0.3, 0.4) is 0 Å². The summed E-state index contributed by atoms with van der Waals surface area (Å²) in [5, 5.41) is 20.4. The average Bonchev–Trinajstić information content (AvgIpc) is 3.52. The fraction of sp³-hybridized carbons (Fsp3) is 0.250. The third kappa shape index (κ3) is 4.73. The number of aromatic amines is 1. The average molecular weight is 493 g/mol. The summed E-state index contributed by atoms with van der Waals surface area (Å²) in [6.07, 6.45) is 0. The largest absolute Gasteiger partial charge is 0.510 e. The zero-order valence-corrected chi connectivity index (χ0v) is 19.9. The summed E-state index contributed by atoms with van der Waals surface area (Å²) in [5.41, 5.74) is 2.32. The summed E-state index contributed by atoms with van der Waals surface area (Å²) < 4.78 is 12.4. The van der Waals surface area contributed by atoms with Gasteiger partial charge in [-0.15, -0.1) is 10.2 Å². The molecule has 5 rings (SSSR count). The minimum absolute atomic E-state index is 0.0182. The van der Waals surface area contributed by atoms with Crippen LogP contribution < -0.4 is 4.90 Å². The number of hydrogen-bond donors (Lipinski definition) is 2. The first-order valence-electron chi connectivity index (χ1n) is 11.1. The normalized spacial score (nSPS) is 14.7. The molecule has 1 saturated heterocycles. The van der Waals surface area contributed by atoms with Crippen molar-refractivity contribution in [3.63, 3.8) is 0 Å². The van der Waals surface area contributed by atoms with E-state index < -0.39 is 5.97 Å². The molecule has 4 aromatic rings. The molecule has 1 aliphatic rings. The number of rotatable bonds is 7. The van der Waals surface area contributed by atoms with Crippen LogP contribution in [0.2, 0.25) is 0 Å². The molecule has 2 aromatic carbocycles. The number of fused-ring (bicyclic) bond motifs is 1. The van der Waals surface area contributed by atoms with E-state index >= 15 is 0 Å². The van der Waals surface area contributed by atoms with Crippen LogP contribution in [-0.2, 0) is 14.3 Å². The highest BCUT2D eigenvalue weighted by Crippen LogP contribution is 2.30. The predicted octanol–water partition coefficient (Wildman–Crippen LogP) is 3.21. The number of thioether (sulfide) groups is 1. The monoisotopic (exact) mass is 492 g/mol. The number of benzene rings is 2. The van der Waals surface area contributed by atoms with Crippen molar-refractivity contribution < 1.29 is 19.4 Å². The Kier molecular flexibility index (Phi) is 6.68. The van der Waals surface area contributed by atoms with Gasteiger partial charge in [0.1, 0.15) is 17.2 Å². The fourth-order valence-corrected chi connectivity index (χ4v) is 4.68. The third-order valence-corrected chi connectivity index (χ3v) is 6.51.